The predicted molar refractivity (Wildman–Crippen MR) is 76.0 cm³/mol. The SMILES string of the molecule is CC1=CC(C)(C)CCC1c1cc(Cl)cc(Cl)c1. The summed E-state index contributed by atoms with van der Waals surface area (Å²) in [7, 11) is 0. The highest BCUT2D eigenvalue weighted by Crippen LogP contribution is 2.42. The van der Waals surface area contributed by atoms with E-state index in [1.807, 2.05) is 12.1 Å². The van der Waals surface area contributed by atoms with Crippen molar-refractivity contribution in [2.75, 3.05) is 0 Å². The van der Waals surface area contributed by atoms with Gasteiger partial charge in [0.15, 0.2) is 0 Å². The van der Waals surface area contributed by atoms with Crippen molar-refractivity contribution in [2.45, 2.75) is 39.5 Å². The van der Waals surface area contributed by atoms with Gasteiger partial charge in [-0.25, -0.2) is 0 Å². The molecule has 0 heterocycles. The Morgan fingerprint density at radius 3 is 2.24 bits per heavy atom. The van der Waals surface area contributed by atoms with Crippen molar-refractivity contribution in [2.24, 2.45) is 5.41 Å². The fourth-order valence-electron chi connectivity index (χ4n) is 2.74. The molecule has 0 amide bonds. The van der Waals surface area contributed by atoms with Gasteiger partial charge in [-0.3, -0.25) is 0 Å². The number of hydrogen-bond acceptors (Lipinski definition) is 0. The molecule has 0 nitrogen and oxygen atoms in total. The first-order valence-corrected chi connectivity index (χ1v) is 6.78. The molecule has 1 aromatic carbocycles. The van der Waals surface area contributed by atoms with E-state index >= 15 is 0 Å². The van der Waals surface area contributed by atoms with Gasteiger partial charge in [-0.1, -0.05) is 48.7 Å². The van der Waals surface area contributed by atoms with Crippen LogP contribution in [0.4, 0.5) is 0 Å². The highest BCUT2D eigenvalue weighted by Gasteiger charge is 2.26. The van der Waals surface area contributed by atoms with Gasteiger partial charge in [-0.05, 0) is 48.9 Å². The summed E-state index contributed by atoms with van der Waals surface area (Å²) in [5.41, 5.74) is 2.99. The normalized spacial score (nSPS) is 23.4. The molecule has 0 saturated heterocycles. The Morgan fingerprint density at radius 2 is 1.71 bits per heavy atom. The third-order valence-electron chi connectivity index (χ3n) is 3.53. The minimum Gasteiger partial charge on any atom is -0.0843 e. The standard InChI is InChI=1S/C15H18Cl2/c1-10-9-15(2,3)5-4-14(10)11-6-12(16)8-13(17)7-11/h6-9,14H,4-5H2,1-3H3. The summed E-state index contributed by atoms with van der Waals surface area (Å²) in [5, 5.41) is 1.45. The van der Waals surface area contributed by atoms with Crippen molar-refractivity contribution >= 4 is 23.2 Å². The zero-order valence-electron chi connectivity index (χ0n) is 10.6. The molecule has 1 aromatic rings. The molecule has 92 valence electrons. The summed E-state index contributed by atoms with van der Waals surface area (Å²) < 4.78 is 0. The highest BCUT2D eigenvalue weighted by atomic mass is 35.5. The molecule has 1 aliphatic rings. The molecule has 17 heavy (non-hydrogen) atoms. The summed E-state index contributed by atoms with van der Waals surface area (Å²) in [6, 6.07) is 5.86. The van der Waals surface area contributed by atoms with Crippen LogP contribution in [-0.2, 0) is 0 Å². The largest absolute Gasteiger partial charge is 0.0843 e. The number of hydrogen-bond donors (Lipinski definition) is 0. The van der Waals surface area contributed by atoms with E-state index in [4.69, 9.17) is 23.2 Å². The van der Waals surface area contributed by atoms with Crippen molar-refractivity contribution < 1.29 is 0 Å². The molecule has 1 unspecified atom stereocenters. The molecule has 0 N–H and O–H groups in total. The summed E-state index contributed by atoms with van der Waals surface area (Å²) >= 11 is 12.1. The van der Waals surface area contributed by atoms with Gasteiger partial charge in [0.1, 0.15) is 0 Å². The van der Waals surface area contributed by atoms with Gasteiger partial charge in [-0.15, -0.1) is 0 Å². The summed E-state index contributed by atoms with van der Waals surface area (Å²) in [6.45, 7) is 6.79. The Hall–Kier alpha value is -0.460. The summed E-state index contributed by atoms with van der Waals surface area (Å²) in [6.07, 6.45) is 4.76. The van der Waals surface area contributed by atoms with Crippen molar-refractivity contribution in [3.05, 3.63) is 45.5 Å². The van der Waals surface area contributed by atoms with Crippen LogP contribution in [0.3, 0.4) is 0 Å². The van der Waals surface area contributed by atoms with Crippen LogP contribution in [0, 0.1) is 5.41 Å². The zero-order chi connectivity index (χ0) is 12.6. The first-order valence-electron chi connectivity index (χ1n) is 6.03. The minimum atomic E-state index is 0.322. The average molecular weight is 269 g/mol. The molecule has 0 aliphatic heterocycles. The monoisotopic (exact) mass is 268 g/mol. The molecular weight excluding hydrogens is 251 g/mol. The van der Waals surface area contributed by atoms with Crippen LogP contribution in [0.2, 0.25) is 10.0 Å². The second-order valence-electron chi connectivity index (χ2n) is 5.67. The van der Waals surface area contributed by atoms with Gasteiger partial charge in [-0.2, -0.15) is 0 Å². The second-order valence-corrected chi connectivity index (χ2v) is 6.54. The Kier molecular flexibility index (Phi) is 3.56. The Balaban J connectivity index is 2.35. The highest BCUT2D eigenvalue weighted by molar-refractivity contribution is 6.34. The molecule has 1 atom stereocenters. The van der Waals surface area contributed by atoms with Gasteiger partial charge < -0.3 is 0 Å². The molecule has 0 fully saturated rings. The van der Waals surface area contributed by atoms with Crippen LogP contribution in [0.1, 0.15) is 45.1 Å². The van der Waals surface area contributed by atoms with E-state index in [0.29, 0.717) is 11.3 Å². The molecule has 0 saturated carbocycles. The number of allylic oxidation sites excluding steroid dienone is 2. The van der Waals surface area contributed by atoms with Crippen LogP contribution in [-0.4, -0.2) is 0 Å². The number of rotatable bonds is 1. The average Bonchev–Trinajstić information content (AvgIpc) is 2.13. The van der Waals surface area contributed by atoms with Gasteiger partial charge in [0.2, 0.25) is 0 Å². The van der Waals surface area contributed by atoms with Crippen molar-refractivity contribution in [3.8, 4) is 0 Å². The maximum absolute atomic E-state index is 6.07. The summed E-state index contributed by atoms with van der Waals surface area (Å²) in [4.78, 5) is 0. The molecule has 2 heteroatoms. The van der Waals surface area contributed by atoms with E-state index < -0.39 is 0 Å². The maximum Gasteiger partial charge on any atom is 0.0423 e. The Labute approximate surface area is 114 Å². The first kappa shape index (κ1) is 13.0. The minimum absolute atomic E-state index is 0.322. The van der Waals surface area contributed by atoms with Crippen molar-refractivity contribution in [1.82, 2.24) is 0 Å². The molecule has 0 spiro atoms. The molecule has 0 bridgehead atoms. The molecule has 1 aliphatic carbocycles. The lowest BCUT2D eigenvalue weighted by atomic mass is 9.73. The molecular formula is C15H18Cl2. The maximum atomic E-state index is 6.07. The van der Waals surface area contributed by atoms with E-state index in [1.165, 1.54) is 24.0 Å². The lowest BCUT2D eigenvalue weighted by Crippen LogP contribution is -2.17. The van der Waals surface area contributed by atoms with E-state index in [9.17, 15) is 0 Å². The third kappa shape index (κ3) is 3.05. The van der Waals surface area contributed by atoms with Gasteiger partial charge in [0, 0.05) is 16.0 Å². The second kappa shape index (κ2) is 4.66. The van der Waals surface area contributed by atoms with Crippen LogP contribution in [0.25, 0.3) is 0 Å². The van der Waals surface area contributed by atoms with E-state index in [-0.39, 0.29) is 0 Å². The van der Waals surface area contributed by atoms with Gasteiger partial charge in [0.25, 0.3) is 0 Å². The van der Waals surface area contributed by atoms with Crippen molar-refractivity contribution in [3.63, 3.8) is 0 Å². The van der Waals surface area contributed by atoms with Crippen molar-refractivity contribution in [1.29, 1.82) is 0 Å². The van der Waals surface area contributed by atoms with Gasteiger partial charge >= 0.3 is 0 Å². The van der Waals surface area contributed by atoms with Crippen LogP contribution in [0.15, 0.2) is 29.8 Å². The van der Waals surface area contributed by atoms with Gasteiger partial charge in [0.05, 0.1) is 0 Å². The third-order valence-corrected chi connectivity index (χ3v) is 3.97. The van der Waals surface area contributed by atoms with E-state index in [2.05, 4.69) is 26.8 Å². The quantitative estimate of drug-likeness (QED) is 0.561. The fourth-order valence-corrected chi connectivity index (χ4v) is 3.28. The fraction of sp³-hybridized carbons (Fsp3) is 0.467. The van der Waals surface area contributed by atoms with E-state index in [1.54, 1.807) is 6.07 Å². The van der Waals surface area contributed by atoms with Crippen LogP contribution < -0.4 is 0 Å². The number of benzene rings is 1. The zero-order valence-corrected chi connectivity index (χ0v) is 12.1. The lowest BCUT2D eigenvalue weighted by Gasteiger charge is -2.32. The van der Waals surface area contributed by atoms with E-state index in [0.717, 1.165) is 10.0 Å². The Morgan fingerprint density at radius 1 is 1.12 bits per heavy atom. The molecule has 2 rings (SSSR count). The first-order chi connectivity index (χ1) is 7.87. The summed E-state index contributed by atoms with van der Waals surface area (Å²) in [5.74, 6) is 0.472. The molecule has 0 radical (unpaired) electrons. The number of halogens is 2. The van der Waals surface area contributed by atoms with Crippen LogP contribution in [0.5, 0.6) is 0 Å². The topological polar surface area (TPSA) is 0 Å². The molecule has 0 aromatic heterocycles. The predicted octanol–water partition coefficient (Wildman–Crippen LogP) is 5.84. The van der Waals surface area contributed by atoms with Crippen LogP contribution >= 0.6 is 23.2 Å². The Bertz CT molecular complexity index is 438. The smallest absolute Gasteiger partial charge is 0.0423 e. The lowest BCUT2D eigenvalue weighted by molar-refractivity contribution is 0.379.